The number of likely N-dealkylation sites (tertiary alicyclic amines) is 1. The van der Waals surface area contributed by atoms with E-state index >= 15 is 0 Å². The van der Waals surface area contributed by atoms with Crippen LogP contribution >= 0.6 is 0 Å². The zero-order valence-electron chi connectivity index (χ0n) is 21.7. The minimum absolute atomic E-state index is 0.0415. The number of Topliss-reactive ketones (excluding diaryl/α,β-unsaturated/α-hetero) is 1. The Balaban J connectivity index is 1.56. The molecule has 0 bridgehead atoms. The maximum atomic E-state index is 13.4. The lowest BCUT2D eigenvalue weighted by molar-refractivity contribution is -0.139. The molecule has 3 heterocycles. The van der Waals surface area contributed by atoms with Crippen LogP contribution in [0.3, 0.4) is 0 Å². The molecule has 5 rings (SSSR count). The molecule has 2 atom stereocenters. The van der Waals surface area contributed by atoms with Gasteiger partial charge in [-0.05, 0) is 61.7 Å². The first kappa shape index (κ1) is 25.4. The number of rotatable bonds is 9. The van der Waals surface area contributed by atoms with Crippen molar-refractivity contribution in [2.75, 3.05) is 20.3 Å². The number of imidazole rings is 1. The fourth-order valence-electron chi connectivity index (χ4n) is 5.15. The molecule has 0 aliphatic carbocycles. The molecule has 0 unspecified atom stereocenters. The lowest BCUT2D eigenvalue weighted by Crippen LogP contribution is -2.31. The molecular formula is C29H31N3O6. The Hall–Kier alpha value is -4.27. The third-order valence-electron chi connectivity index (χ3n) is 6.89. The number of hydrogen-bond donors (Lipinski definition) is 1. The highest BCUT2D eigenvalue weighted by molar-refractivity contribution is 6.46. The number of nitrogens with zero attached hydrogens (tertiary/aromatic N) is 3. The Morgan fingerprint density at radius 2 is 2.00 bits per heavy atom. The normalized spacial score (nSPS) is 19.9. The summed E-state index contributed by atoms with van der Waals surface area (Å²) in [6, 6.07) is 9.88. The second kappa shape index (κ2) is 10.6. The van der Waals surface area contributed by atoms with E-state index in [2.05, 4.69) is 4.98 Å². The zero-order chi connectivity index (χ0) is 26.8. The molecule has 1 fully saturated rings. The lowest BCUT2D eigenvalue weighted by Gasteiger charge is -2.26. The molecule has 0 spiro atoms. The minimum Gasteiger partial charge on any atom is -0.507 e. The Kier molecular flexibility index (Phi) is 7.09. The third kappa shape index (κ3) is 4.71. The lowest BCUT2D eigenvalue weighted by atomic mass is 9.94. The average molecular weight is 518 g/mol. The van der Waals surface area contributed by atoms with E-state index in [0.717, 1.165) is 11.3 Å². The number of aliphatic hydroxyl groups excluding tert-OH is 1. The first-order chi connectivity index (χ1) is 18.4. The van der Waals surface area contributed by atoms with Gasteiger partial charge in [-0.25, -0.2) is 4.98 Å². The summed E-state index contributed by atoms with van der Waals surface area (Å²) < 4.78 is 18.9. The smallest absolute Gasteiger partial charge is 0.295 e. The summed E-state index contributed by atoms with van der Waals surface area (Å²) in [4.78, 5) is 32.3. The molecule has 0 saturated carbocycles. The van der Waals surface area contributed by atoms with Crippen LogP contribution in [-0.4, -0.2) is 57.6 Å². The van der Waals surface area contributed by atoms with Crippen molar-refractivity contribution in [1.29, 1.82) is 0 Å². The standard InChI is InChI=1S/C29H31N3O6/c1-4-37-23-9-6-19(16-24(23)36-3)26-25(27(33)20-7-8-22-21(15-20)14-18(2)38-22)28(34)29(35)32(26)12-5-11-31-13-10-30-17-31/h6-10,13,15-18,26,33H,4-5,11-12,14H2,1-3H3/t18-,26+/m1/s1. The molecule has 2 aliphatic heterocycles. The Morgan fingerprint density at radius 3 is 2.74 bits per heavy atom. The van der Waals surface area contributed by atoms with Crippen molar-refractivity contribution in [1.82, 2.24) is 14.5 Å². The first-order valence-corrected chi connectivity index (χ1v) is 12.8. The predicted octanol–water partition coefficient (Wildman–Crippen LogP) is 4.13. The van der Waals surface area contributed by atoms with Gasteiger partial charge in [-0.1, -0.05) is 6.07 Å². The monoisotopic (exact) mass is 517 g/mol. The summed E-state index contributed by atoms with van der Waals surface area (Å²) in [5, 5.41) is 11.5. The van der Waals surface area contributed by atoms with Crippen molar-refractivity contribution in [2.45, 2.75) is 45.4 Å². The van der Waals surface area contributed by atoms with Crippen molar-refractivity contribution in [3.63, 3.8) is 0 Å². The summed E-state index contributed by atoms with van der Waals surface area (Å²) in [5.74, 6) is 0.240. The summed E-state index contributed by atoms with van der Waals surface area (Å²) >= 11 is 0. The number of aromatic nitrogens is 2. The predicted molar refractivity (Wildman–Crippen MR) is 140 cm³/mol. The van der Waals surface area contributed by atoms with E-state index in [1.807, 2.05) is 30.7 Å². The van der Waals surface area contributed by atoms with E-state index in [1.54, 1.807) is 42.9 Å². The number of aliphatic hydroxyl groups is 1. The van der Waals surface area contributed by atoms with Crippen LogP contribution in [0.15, 0.2) is 60.7 Å². The van der Waals surface area contributed by atoms with Crippen LogP contribution in [0.25, 0.3) is 5.76 Å². The number of fused-ring (bicyclic) bond motifs is 1. The molecule has 1 saturated heterocycles. The van der Waals surface area contributed by atoms with Gasteiger partial charge in [-0.3, -0.25) is 9.59 Å². The number of amides is 1. The van der Waals surface area contributed by atoms with Crippen molar-refractivity contribution in [3.05, 3.63) is 77.4 Å². The summed E-state index contributed by atoms with van der Waals surface area (Å²) in [7, 11) is 1.54. The molecule has 2 aliphatic rings. The molecule has 1 amide bonds. The molecule has 9 heteroatoms. The van der Waals surface area contributed by atoms with E-state index in [1.165, 1.54) is 12.0 Å². The maximum Gasteiger partial charge on any atom is 0.295 e. The van der Waals surface area contributed by atoms with Gasteiger partial charge in [0.25, 0.3) is 11.7 Å². The molecule has 0 radical (unpaired) electrons. The molecule has 198 valence electrons. The minimum atomic E-state index is -0.786. The topological polar surface area (TPSA) is 103 Å². The van der Waals surface area contributed by atoms with Crippen LogP contribution in [-0.2, 0) is 22.6 Å². The number of ketones is 1. The SMILES string of the molecule is CCOc1ccc([C@H]2C(=C(O)c3ccc4c(c3)C[C@@H](C)O4)C(=O)C(=O)N2CCCn2ccnc2)cc1OC. The van der Waals surface area contributed by atoms with Crippen LogP contribution < -0.4 is 14.2 Å². The van der Waals surface area contributed by atoms with Crippen molar-refractivity contribution >= 4 is 17.4 Å². The largest absolute Gasteiger partial charge is 0.507 e. The van der Waals surface area contributed by atoms with Gasteiger partial charge in [-0.15, -0.1) is 0 Å². The Labute approximate surface area is 221 Å². The summed E-state index contributed by atoms with van der Waals surface area (Å²) in [6.07, 6.45) is 6.60. The van der Waals surface area contributed by atoms with Gasteiger partial charge in [-0.2, -0.15) is 0 Å². The third-order valence-corrected chi connectivity index (χ3v) is 6.89. The second-order valence-corrected chi connectivity index (χ2v) is 9.44. The van der Waals surface area contributed by atoms with Crippen LogP contribution in [0.2, 0.25) is 0 Å². The molecule has 9 nitrogen and oxygen atoms in total. The first-order valence-electron chi connectivity index (χ1n) is 12.8. The Morgan fingerprint density at radius 1 is 1.16 bits per heavy atom. The fraction of sp³-hybridized carbons (Fsp3) is 0.345. The molecule has 38 heavy (non-hydrogen) atoms. The fourth-order valence-corrected chi connectivity index (χ4v) is 5.15. The molecule has 1 aromatic heterocycles. The van der Waals surface area contributed by atoms with Gasteiger partial charge < -0.3 is 28.8 Å². The van der Waals surface area contributed by atoms with E-state index < -0.39 is 17.7 Å². The van der Waals surface area contributed by atoms with E-state index in [-0.39, 0.29) is 17.4 Å². The van der Waals surface area contributed by atoms with Crippen LogP contribution in [0.4, 0.5) is 0 Å². The molecule has 1 N–H and O–H groups in total. The number of hydrogen-bond acceptors (Lipinski definition) is 7. The Bertz CT molecular complexity index is 1380. The second-order valence-electron chi connectivity index (χ2n) is 9.44. The summed E-state index contributed by atoms with van der Waals surface area (Å²) in [6.45, 7) is 5.27. The number of carbonyl (C=O) groups is 2. The van der Waals surface area contributed by atoms with Gasteiger partial charge in [0, 0.05) is 37.5 Å². The van der Waals surface area contributed by atoms with Crippen LogP contribution in [0, 0.1) is 0 Å². The molecule has 3 aromatic rings. The van der Waals surface area contributed by atoms with E-state index in [9.17, 15) is 14.7 Å². The van der Waals surface area contributed by atoms with Gasteiger partial charge in [0.2, 0.25) is 0 Å². The number of benzene rings is 2. The molecular weight excluding hydrogens is 486 g/mol. The van der Waals surface area contributed by atoms with Gasteiger partial charge in [0.05, 0.1) is 31.7 Å². The highest BCUT2D eigenvalue weighted by Gasteiger charge is 2.46. The van der Waals surface area contributed by atoms with E-state index in [0.29, 0.717) is 55.2 Å². The van der Waals surface area contributed by atoms with E-state index in [4.69, 9.17) is 14.2 Å². The van der Waals surface area contributed by atoms with Crippen molar-refractivity contribution < 1.29 is 28.9 Å². The number of aryl methyl sites for hydroxylation is 1. The number of ether oxygens (including phenoxy) is 3. The summed E-state index contributed by atoms with van der Waals surface area (Å²) in [5.41, 5.74) is 2.12. The quantitative estimate of drug-likeness (QED) is 0.259. The average Bonchev–Trinajstić information content (AvgIpc) is 3.62. The number of carbonyl (C=O) groups excluding carboxylic acids is 2. The van der Waals surface area contributed by atoms with Gasteiger partial charge in [0.15, 0.2) is 11.5 Å². The van der Waals surface area contributed by atoms with Gasteiger partial charge in [0.1, 0.15) is 17.6 Å². The van der Waals surface area contributed by atoms with Crippen LogP contribution in [0.5, 0.6) is 17.2 Å². The van der Waals surface area contributed by atoms with Gasteiger partial charge >= 0.3 is 0 Å². The number of methoxy groups -OCH3 is 1. The van der Waals surface area contributed by atoms with Crippen molar-refractivity contribution in [3.8, 4) is 17.2 Å². The highest BCUT2D eigenvalue weighted by atomic mass is 16.5. The van der Waals surface area contributed by atoms with Crippen molar-refractivity contribution in [2.24, 2.45) is 0 Å². The highest BCUT2D eigenvalue weighted by Crippen LogP contribution is 2.42. The maximum absolute atomic E-state index is 13.4. The van der Waals surface area contributed by atoms with Crippen LogP contribution in [0.1, 0.15) is 43.0 Å². The molecule has 2 aromatic carbocycles. The zero-order valence-corrected chi connectivity index (χ0v) is 21.7.